The summed E-state index contributed by atoms with van der Waals surface area (Å²) in [5.74, 6) is 1.90. The van der Waals surface area contributed by atoms with Gasteiger partial charge in [-0.1, -0.05) is 99.6 Å². The van der Waals surface area contributed by atoms with Crippen molar-refractivity contribution in [1.82, 2.24) is 0 Å². The standard InChI is InChI=1S/C50H37BN2OS/c1-50(2,3)34-28-44-49-46(29-34)54-45-30-40-39-26-32-23-24-38(52(35-15-7-4-8-16-35)36-17-9-5-10-18-36)25-33(32)27-47(39)55-48(40)31-42(45)51(49)41-21-13-14-22-43(41)53(44)37-19-11-6-12-20-37/h4-31H,1-3H3. The maximum atomic E-state index is 7.07. The van der Waals surface area contributed by atoms with Crippen LogP contribution in [0, 0.1) is 0 Å². The number of ether oxygens (including phenoxy) is 1. The predicted molar refractivity (Wildman–Crippen MR) is 236 cm³/mol. The third-order valence-corrected chi connectivity index (χ3v) is 12.5. The molecule has 0 radical (unpaired) electrons. The lowest BCUT2D eigenvalue weighted by atomic mass is 9.34. The minimum Gasteiger partial charge on any atom is -0.458 e. The second-order valence-electron chi connectivity index (χ2n) is 15.8. The van der Waals surface area contributed by atoms with Crippen molar-refractivity contribution < 1.29 is 4.74 Å². The average molecular weight is 725 g/mol. The first-order valence-corrected chi connectivity index (χ1v) is 19.9. The van der Waals surface area contributed by atoms with Crippen molar-refractivity contribution in [3.8, 4) is 11.5 Å². The van der Waals surface area contributed by atoms with Crippen LogP contribution in [0.1, 0.15) is 26.3 Å². The van der Waals surface area contributed by atoms with Crippen LogP contribution in [0.25, 0.3) is 30.9 Å². The van der Waals surface area contributed by atoms with Gasteiger partial charge in [0, 0.05) is 54.3 Å². The predicted octanol–water partition coefficient (Wildman–Crippen LogP) is 12.4. The van der Waals surface area contributed by atoms with Gasteiger partial charge >= 0.3 is 0 Å². The molecule has 0 amide bonds. The highest BCUT2D eigenvalue weighted by Gasteiger charge is 2.42. The van der Waals surface area contributed by atoms with Gasteiger partial charge in [0.1, 0.15) is 11.5 Å². The van der Waals surface area contributed by atoms with E-state index in [9.17, 15) is 0 Å². The molecular formula is C50H37BN2OS. The minimum atomic E-state index is -0.0579. The lowest BCUT2D eigenvalue weighted by molar-refractivity contribution is 0.484. The van der Waals surface area contributed by atoms with Gasteiger partial charge in [0.2, 0.25) is 0 Å². The maximum Gasteiger partial charge on any atom is 0.256 e. The van der Waals surface area contributed by atoms with Gasteiger partial charge in [-0.3, -0.25) is 0 Å². The first-order valence-electron chi connectivity index (χ1n) is 19.0. The number of thiophene rings is 1. The van der Waals surface area contributed by atoms with Crippen molar-refractivity contribution in [2.45, 2.75) is 26.2 Å². The van der Waals surface area contributed by atoms with Gasteiger partial charge < -0.3 is 14.5 Å². The highest BCUT2D eigenvalue weighted by molar-refractivity contribution is 7.26. The Hall–Kier alpha value is -6.30. The zero-order chi connectivity index (χ0) is 36.8. The molecule has 2 aliphatic heterocycles. The number of nitrogens with zero attached hydrogens (tertiary/aromatic N) is 2. The Kier molecular flexibility index (Phi) is 7.08. The average Bonchev–Trinajstić information content (AvgIpc) is 3.55. The molecule has 8 aromatic carbocycles. The van der Waals surface area contributed by atoms with E-state index in [4.69, 9.17) is 4.74 Å². The monoisotopic (exact) mass is 724 g/mol. The number of para-hydroxylation sites is 4. The first-order chi connectivity index (χ1) is 26.9. The Morgan fingerprint density at radius 3 is 1.91 bits per heavy atom. The van der Waals surface area contributed by atoms with Crippen molar-refractivity contribution in [2.75, 3.05) is 9.80 Å². The molecule has 55 heavy (non-hydrogen) atoms. The molecule has 262 valence electrons. The highest BCUT2D eigenvalue weighted by atomic mass is 32.1. The molecule has 3 heterocycles. The molecule has 0 fully saturated rings. The van der Waals surface area contributed by atoms with Gasteiger partial charge in [-0.25, -0.2) is 0 Å². The Morgan fingerprint density at radius 1 is 0.527 bits per heavy atom. The van der Waals surface area contributed by atoms with E-state index in [0.717, 1.165) is 34.2 Å². The van der Waals surface area contributed by atoms with Gasteiger partial charge in [-0.05, 0) is 129 Å². The maximum absolute atomic E-state index is 7.07. The minimum absolute atomic E-state index is 0.0529. The summed E-state index contributed by atoms with van der Waals surface area (Å²) in [5, 5.41) is 4.96. The Bertz CT molecular complexity index is 2910. The fraction of sp³-hybridized carbons (Fsp3) is 0.0800. The van der Waals surface area contributed by atoms with E-state index in [1.165, 1.54) is 64.3 Å². The van der Waals surface area contributed by atoms with Crippen LogP contribution in [-0.4, -0.2) is 6.71 Å². The van der Waals surface area contributed by atoms with Crippen molar-refractivity contribution in [1.29, 1.82) is 0 Å². The normalized spacial score (nSPS) is 13.1. The Balaban J connectivity index is 1.09. The second kappa shape index (κ2) is 12.1. The van der Waals surface area contributed by atoms with Gasteiger partial charge in [0.15, 0.2) is 0 Å². The van der Waals surface area contributed by atoms with E-state index in [1.54, 1.807) is 0 Å². The fourth-order valence-corrected chi connectivity index (χ4v) is 9.89. The van der Waals surface area contributed by atoms with Crippen LogP contribution in [0.2, 0.25) is 0 Å². The zero-order valence-corrected chi connectivity index (χ0v) is 31.8. The highest BCUT2D eigenvalue weighted by Crippen LogP contribution is 2.45. The molecule has 3 nitrogen and oxygen atoms in total. The van der Waals surface area contributed by atoms with Crippen LogP contribution >= 0.6 is 11.3 Å². The van der Waals surface area contributed by atoms with Crippen molar-refractivity contribution in [2.24, 2.45) is 0 Å². The zero-order valence-electron chi connectivity index (χ0n) is 31.0. The number of hydrogen-bond acceptors (Lipinski definition) is 4. The summed E-state index contributed by atoms with van der Waals surface area (Å²) in [6.45, 7) is 6.91. The topological polar surface area (TPSA) is 15.7 Å². The van der Waals surface area contributed by atoms with Crippen molar-refractivity contribution in [3.05, 3.63) is 175 Å². The summed E-state index contributed by atoms with van der Waals surface area (Å²) in [7, 11) is 0. The van der Waals surface area contributed by atoms with E-state index in [2.05, 4.69) is 200 Å². The molecule has 5 heteroatoms. The molecule has 0 atom stereocenters. The van der Waals surface area contributed by atoms with E-state index < -0.39 is 0 Å². The summed E-state index contributed by atoms with van der Waals surface area (Å²) >= 11 is 1.88. The molecular weight excluding hydrogens is 687 g/mol. The third kappa shape index (κ3) is 5.11. The summed E-state index contributed by atoms with van der Waals surface area (Å²) in [4.78, 5) is 4.76. The lowest BCUT2D eigenvalue weighted by Gasteiger charge is -2.41. The van der Waals surface area contributed by atoms with E-state index >= 15 is 0 Å². The summed E-state index contributed by atoms with van der Waals surface area (Å²) in [6.07, 6.45) is 0. The van der Waals surface area contributed by atoms with Crippen LogP contribution in [-0.2, 0) is 5.41 Å². The molecule has 2 aliphatic rings. The van der Waals surface area contributed by atoms with Gasteiger partial charge in [0.05, 0.1) is 0 Å². The van der Waals surface area contributed by atoms with Crippen LogP contribution in [0.15, 0.2) is 170 Å². The Labute approximate surface area is 325 Å². The number of anilines is 6. The first kappa shape index (κ1) is 32.2. The number of rotatable bonds is 4. The van der Waals surface area contributed by atoms with Crippen LogP contribution < -0.4 is 30.9 Å². The molecule has 0 unspecified atom stereocenters. The second-order valence-corrected chi connectivity index (χ2v) is 16.9. The van der Waals surface area contributed by atoms with Crippen LogP contribution in [0.4, 0.5) is 34.1 Å². The van der Waals surface area contributed by atoms with Gasteiger partial charge in [-0.2, -0.15) is 0 Å². The van der Waals surface area contributed by atoms with Gasteiger partial charge in [-0.15, -0.1) is 11.3 Å². The number of benzene rings is 8. The molecule has 0 aliphatic carbocycles. The molecule has 11 rings (SSSR count). The van der Waals surface area contributed by atoms with E-state index in [1.807, 2.05) is 11.3 Å². The molecule has 0 saturated carbocycles. The van der Waals surface area contributed by atoms with E-state index in [0.29, 0.717) is 0 Å². The van der Waals surface area contributed by atoms with Crippen molar-refractivity contribution >= 4 is 99.5 Å². The van der Waals surface area contributed by atoms with Crippen LogP contribution in [0.3, 0.4) is 0 Å². The molecule has 0 N–H and O–H groups in total. The fourth-order valence-electron chi connectivity index (χ4n) is 8.72. The number of hydrogen-bond donors (Lipinski definition) is 0. The SMILES string of the molecule is CC(C)(C)c1cc2c3c(c1)N(c1ccccc1)c1ccccc1B3c1cc3sc4cc5cc(N(c6ccccc6)c6ccccc6)ccc5cc4c3cc1O2. The molecule has 9 aromatic rings. The summed E-state index contributed by atoms with van der Waals surface area (Å²) < 4.78 is 9.63. The molecule has 0 bridgehead atoms. The van der Waals surface area contributed by atoms with E-state index in [-0.39, 0.29) is 12.1 Å². The molecule has 0 spiro atoms. The quantitative estimate of drug-likeness (QED) is 0.168. The Morgan fingerprint density at radius 2 is 1.18 bits per heavy atom. The summed E-state index contributed by atoms with van der Waals surface area (Å²) in [6, 6.07) is 61.9. The number of fused-ring (bicyclic) bond motifs is 8. The largest absolute Gasteiger partial charge is 0.458 e. The van der Waals surface area contributed by atoms with Crippen LogP contribution in [0.5, 0.6) is 11.5 Å². The third-order valence-electron chi connectivity index (χ3n) is 11.4. The molecule has 1 aromatic heterocycles. The smallest absolute Gasteiger partial charge is 0.256 e. The lowest BCUT2D eigenvalue weighted by Crippen LogP contribution is -2.59. The summed E-state index contributed by atoms with van der Waals surface area (Å²) in [5.41, 5.74) is 11.9. The molecule has 0 saturated heterocycles. The van der Waals surface area contributed by atoms with Gasteiger partial charge in [0.25, 0.3) is 6.71 Å². The van der Waals surface area contributed by atoms with Crippen molar-refractivity contribution in [3.63, 3.8) is 0 Å².